The number of aromatic hydroxyl groups is 1. The minimum atomic E-state index is -1.14. The fourth-order valence-corrected chi connectivity index (χ4v) is 11.9. The molecule has 0 radical (unpaired) electrons. The van der Waals surface area contributed by atoms with Crippen molar-refractivity contribution in [2.45, 2.75) is 81.4 Å². The van der Waals surface area contributed by atoms with Crippen LogP contribution in [0.2, 0.25) is 0 Å². The number of fused-ring (bicyclic) bond motifs is 9. The zero-order chi connectivity index (χ0) is 35.9. The molecule has 2 aromatic rings. The summed E-state index contributed by atoms with van der Waals surface area (Å²) in [7, 11) is 1.53. The Hall–Kier alpha value is -4.71. The van der Waals surface area contributed by atoms with E-state index in [1.165, 1.54) is 25.8 Å². The van der Waals surface area contributed by atoms with Gasteiger partial charge in [0.25, 0.3) is 5.70 Å². The molecular weight excluding hydrogens is 676 g/mol. The van der Waals surface area contributed by atoms with Gasteiger partial charge in [-0.1, -0.05) is 13.0 Å². The number of nitriles is 1. The van der Waals surface area contributed by atoms with Crippen molar-refractivity contribution >= 4 is 35.3 Å². The van der Waals surface area contributed by atoms with E-state index in [2.05, 4.69) is 28.9 Å². The van der Waals surface area contributed by atoms with Crippen LogP contribution in [0.5, 0.6) is 28.7 Å². The van der Waals surface area contributed by atoms with Crippen molar-refractivity contribution in [2.24, 2.45) is 0 Å². The highest BCUT2D eigenvalue weighted by atomic mass is 32.2. The lowest BCUT2D eigenvalue weighted by Gasteiger charge is -2.52. The standard InChI is InChI=1S/C37H36N4O9S/c1-7-9-37-12-36(13-38)14-40(37)25(22-19(37)10-16(3)29(46-6)28(22)44)27-33-24-23(32-31(47-15-48-32)17(4)30(24)49-18(5)42)26-34(41(26,27)36)50-35(45)20(11-51-33)39-21(43)8-2/h7,10,20,25,27,33H,1,8-9,11-12,14-15H2,2-6H3,(H-,39,43,44)/p+1/t20?,25?,27?,33-,36+,37?,41?/m1/s1. The number of carbonyl (C=O) groups excluding carboxylic acids is 3. The van der Waals surface area contributed by atoms with E-state index >= 15 is 0 Å². The van der Waals surface area contributed by atoms with E-state index in [0.717, 1.165) is 11.1 Å². The van der Waals surface area contributed by atoms with Crippen molar-refractivity contribution in [3.63, 3.8) is 0 Å². The molecule has 2 aromatic carbocycles. The first-order valence-corrected chi connectivity index (χ1v) is 18.1. The average Bonchev–Trinajstić information content (AvgIpc) is 3.37. The molecule has 7 atom stereocenters. The van der Waals surface area contributed by atoms with Gasteiger partial charge in [-0.25, -0.2) is 4.79 Å². The molecule has 5 unspecified atom stereocenters. The van der Waals surface area contributed by atoms with Gasteiger partial charge in [0.2, 0.25) is 18.2 Å². The fourth-order valence-electron chi connectivity index (χ4n) is 10.3. The predicted molar refractivity (Wildman–Crippen MR) is 181 cm³/mol. The fraction of sp³-hybridized carbons (Fsp3) is 0.459. The Labute approximate surface area is 298 Å². The number of benzene rings is 2. The number of ether oxygens (including phenoxy) is 5. The summed E-state index contributed by atoms with van der Waals surface area (Å²) in [4.78, 5) is 41.9. The van der Waals surface area contributed by atoms with Gasteiger partial charge >= 0.3 is 17.8 Å². The maximum absolute atomic E-state index is 14.1. The van der Waals surface area contributed by atoms with Crippen LogP contribution in [0, 0.1) is 25.2 Å². The SMILES string of the molecule is C=CCC12C[C@]3(C#N)CN1C(c1c2cc(C)c(OC)c1O)C1[C@@H]2SCC(NC(=O)CC)C(=O)OC4=C(c5c6c(c(C)c(OC(C)=O)c52)OCO6)[N+]413. The molecule has 3 fully saturated rings. The maximum Gasteiger partial charge on any atom is 0.371 e. The molecule has 1 spiro atoms. The number of hydrogen-bond acceptors (Lipinski definition) is 12. The Kier molecular flexibility index (Phi) is 6.59. The lowest BCUT2D eigenvalue weighted by Crippen LogP contribution is -2.68. The number of quaternary nitrogens is 1. The van der Waals surface area contributed by atoms with Gasteiger partial charge < -0.3 is 34.1 Å². The summed E-state index contributed by atoms with van der Waals surface area (Å²) in [5.41, 5.74) is 2.95. The highest BCUT2D eigenvalue weighted by molar-refractivity contribution is 7.99. The number of piperazine rings is 1. The molecule has 13 nitrogen and oxygen atoms in total. The number of aryl methyl sites for hydroxylation is 1. The third kappa shape index (κ3) is 3.61. The number of nitrogens with zero attached hydrogens (tertiary/aromatic N) is 3. The quantitative estimate of drug-likeness (QED) is 0.190. The number of nitrogens with one attached hydrogen (secondary N) is 1. The van der Waals surface area contributed by atoms with Crippen LogP contribution in [0.3, 0.4) is 0 Å². The number of hydrogen-bond donors (Lipinski definition) is 2. The van der Waals surface area contributed by atoms with Crippen molar-refractivity contribution in [2.75, 3.05) is 26.2 Å². The highest BCUT2D eigenvalue weighted by Gasteiger charge is 2.89. The Bertz CT molecular complexity index is 2130. The molecule has 9 rings (SSSR count). The van der Waals surface area contributed by atoms with Crippen LogP contribution in [-0.2, 0) is 24.7 Å². The molecule has 0 aliphatic carbocycles. The highest BCUT2D eigenvalue weighted by Crippen LogP contribution is 2.80. The monoisotopic (exact) mass is 713 g/mol. The van der Waals surface area contributed by atoms with Crippen LogP contribution >= 0.6 is 11.8 Å². The van der Waals surface area contributed by atoms with Gasteiger partial charge in [0, 0.05) is 42.2 Å². The second-order valence-corrected chi connectivity index (χ2v) is 15.5. The normalized spacial score (nSPS) is 32.7. The first-order chi connectivity index (χ1) is 24.5. The average molecular weight is 714 g/mol. The molecule has 2 N–H and O–H groups in total. The largest absolute Gasteiger partial charge is 0.504 e. The van der Waals surface area contributed by atoms with Gasteiger partial charge in [0.05, 0.1) is 30.5 Å². The molecule has 7 heterocycles. The van der Waals surface area contributed by atoms with Crippen LogP contribution < -0.4 is 24.3 Å². The summed E-state index contributed by atoms with van der Waals surface area (Å²) in [6, 6.07) is 2.76. The van der Waals surface area contributed by atoms with Crippen molar-refractivity contribution in [1.82, 2.24) is 10.2 Å². The minimum Gasteiger partial charge on any atom is -0.504 e. The van der Waals surface area contributed by atoms with Crippen LogP contribution in [0.25, 0.3) is 5.70 Å². The Morgan fingerprint density at radius 1 is 1.27 bits per heavy atom. The number of carbonyl (C=O) groups is 3. The van der Waals surface area contributed by atoms with E-state index < -0.39 is 46.4 Å². The molecular formula is C37H37N4O9S+. The number of methoxy groups -OCH3 is 1. The molecule has 1 amide bonds. The van der Waals surface area contributed by atoms with Gasteiger partial charge in [-0.05, 0) is 37.5 Å². The van der Waals surface area contributed by atoms with E-state index in [1.807, 2.05) is 19.9 Å². The third-order valence-electron chi connectivity index (χ3n) is 12.0. The smallest absolute Gasteiger partial charge is 0.371 e. The van der Waals surface area contributed by atoms with Crippen LogP contribution in [0.4, 0.5) is 0 Å². The first kappa shape index (κ1) is 32.2. The number of rotatable bonds is 6. The second-order valence-electron chi connectivity index (χ2n) is 14.4. The Morgan fingerprint density at radius 3 is 2.73 bits per heavy atom. The number of esters is 2. The van der Waals surface area contributed by atoms with Gasteiger partial charge in [-0.3, -0.25) is 14.5 Å². The van der Waals surface area contributed by atoms with Gasteiger partial charge in [0.1, 0.15) is 29.5 Å². The van der Waals surface area contributed by atoms with E-state index in [1.54, 1.807) is 6.92 Å². The lowest BCUT2D eigenvalue weighted by molar-refractivity contribution is -0.859. The van der Waals surface area contributed by atoms with Gasteiger partial charge in [-0.2, -0.15) is 9.74 Å². The van der Waals surface area contributed by atoms with E-state index in [9.17, 15) is 24.8 Å². The summed E-state index contributed by atoms with van der Waals surface area (Å²) in [6.45, 7) is 11.1. The molecule has 51 heavy (non-hydrogen) atoms. The van der Waals surface area contributed by atoms with Crippen molar-refractivity contribution in [3.8, 4) is 34.8 Å². The van der Waals surface area contributed by atoms with Crippen molar-refractivity contribution < 1.29 is 47.7 Å². The molecule has 264 valence electrons. The Balaban J connectivity index is 1.39. The van der Waals surface area contributed by atoms with Crippen LogP contribution in [0.15, 0.2) is 24.6 Å². The van der Waals surface area contributed by atoms with E-state index in [0.29, 0.717) is 76.2 Å². The topological polar surface area (TPSA) is 157 Å². The van der Waals surface area contributed by atoms with Crippen molar-refractivity contribution in [1.29, 1.82) is 5.26 Å². The summed E-state index contributed by atoms with van der Waals surface area (Å²) in [5.74, 6) is 0.535. The minimum absolute atomic E-state index is 0.0273. The number of thioether (sulfide) groups is 1. The summed E-state index contributed by atoms with van der Waals surface area (Å²) >= 11 is 1.43. The van der Waals surface area contributed by atoms with E-state index in [-0.39, 0.29) is 35.1 Å². The van der Waals surface area contributed by atoms with Gasteiger partial charge in [-0.15, -0.1) is 18.3 Å². The van der Waals surface area contributed by atoms with Crippen LogP contribution in [0.1, 0.15) is 77.8 Å². The number of amides is 1. The zero-order valence-electron chi connectivity index (χ0n) is 28.9. The lowest BCUT2D eigenvalue weighted by atomic mass is 9.73. The summed E-state index contributed by atoms with van der Waals surface area (Å²) in [5, 5.41) is 25.9. The predicted octanol–water partition coefficient (Wildman–Crippen LogP) is 4.24. The third-order valence-corrected chi connectivity index (χ3v) is 13.4. The summed E-state index contributed by atoms with van der Waals surface area (Å²) < 4.78 is 30.3. The zero-order valence-corrected chi connectivity index (χ0v) is 29.7. The summed E-state index contributed by atoms with van der Waals surface area (Å²) in [6.07, 6.45) is 2.88. The molecule has 0 saturated carbocycles. The number of phenolic OH excluding ortho intramolecular Hbond substituents is 1. The number of phenols is 1. The van der Waals surface area contributed by atoms with Crippen LogP contribution in [-0.4, -0.2) is 76.2 Å². The molecule has 4 bridgehead atoms. The van der Waals surface area contributed by atoms with E-state index in [4.69, 9.17) is 23.7 Å². The second kappa shape index (κ2) is 10.4. The molecule has 0 aromatic heterocycles. The van der Waals surface area contributed by atoms with Gasteiger partial charge in [0.15, 0.2) is 23.0 Å². The molecule has 3 saturated heterocycles. The molecule has 7 aliphatic heterocycles. The Morgan fingerprint density at radius 2 is 2.04 bits per heavy atom. The molecule has 7 aliphatic rings. The maximum atomic E-state index is 14.1. The molecule has 14 heteroatoms. The van der Waals surface area contributed by atoms with Crippen molar-refractivity contribution in [3.05, 3.63) is 58.0 Å². The first-order valence-electron chi connectivity index (χ1n) is 17.1.